The molecule has 0 radical (unpaired) electrons. The molecule has 0 bridgehead atoms. The summed E-state index contributed by atoms with van der Waals surface area (Å²) in [5.41, 5.74) is 9.12. The van der Waals surface area contributed by atoms with E-state index in [-0.39, 0.29) is 12.0 Å². The highest BCUT2D eigenvalue weighted by atomic mass is 16.5. The van der Waals surface area contributed by atoms with Crippen LogP contribution in [-0.4, -0.2) is 29.0 Å². The van der Waals surface area contributed by atoms with Crippen molar-refractivity contribution >= 4 is 12.2 Å². The van der Waals surface area contributed by atoms with Crippen molar-refractivity contribution in [2.75, 3.05) is 13.2 Å². The van der Waals surface area contributed by atoms with Crippen LogP contribution in [0.15, 0.2) is 84.9 Å². The monoisotopic (exact) mass is 463 g/mol. The number of aromatic nitrogens is 2. The van der Waals surface area contributed by atoms with Gasteiger partial charge in [-0.3, -0.25) is 0 Å². The maximum absolute atomic E-state index is 12.3. The Balaban J connectivity index is 1.12. The average molecular weight is 464 g/mol. The van der Waals surface area contributed by atoms with Gasteiger partial charge in [-0.05, 0) is 66.3 Å². The Labute approximate surface area is 206 Å². The number of carbonyl (C=O) groups excluding carboxylic acids is 1. The number of alkyl carbamates (subject to hydrolysis) is 1. The maximum atomic E-state index is 12.3. The lowest BCUT2D eigenvalue weighted by atomic mass is 9.98. The molecule has 5 heteroatoms. The highest BCUT2D eigenvalue weighted by Crippen LogP contribution is 2.44. The van der Waals surface area contributed by atoms with Gasteiger partial charge in [-0.25, -0.2) is 9.48 Å². The number of benzene rings is 3. The number of nitrogens with zero attached hydrogens (tertiary/aromatic N) is 2. The lowest BCUT2D eigenvalue weighted by Gasteiger charge is -2.14. The molecule has 176 valence electrons. The van der Waals surface area contributed by atoms with Crippen molar-refractivity contribution in [2.45, 2.75) is 26.2 Å². The van der Waals surface area contributed by atoms with Gasteiger partial charge in [-0.15, -0.1) is 0 Å². The van der Waals surface area contributed by atoms with E-state index in [1.165, 1.54) is 22.3 Å². The van der Waals surface area contributed by atoms with Gasteiger partial charge < -0.3 is 10.1 Å². The van der Waals surface area contributed by atoms with Crippen molar-refractivity contribution < 1.29 is 9.53 Å². The van der Waals surface area contributed by atoms with Gasteiger partial charge in [0.25, 0.3) is 0 Å². The van der Waals surface area contributed by atoms with Crippen molar-refractivity contribution in [1.82, 2.24) is 15.1 Å². The van der Waals surface area contributed by atoms with Crippen molar-refractivity contribution in [3.8, 4) is 16.8 Å². The number of ether oxygens (including phenoxy) is 1. The predicted molar refractivity (Wildman–Crippen MR) is 140 cm³/mol. The van der Waals surface area contributed by atoms with Crippen LogP contribution in [0.2, 0.25) is 0 Å². The van der Waals surface area contributed by atoms with E-state index in [0.717, 1.165) is 22.6 Å². The fraction of sp³-hybridized carbons (Fsp3) is 0.200. The van der Waals surface area contributed by atoms with E-state index in [9.17, 15) is 4.79 Å². The van der Waals surface area contributed by atoms with Crippen LogP contribution in [0.25, 0.3) is 22.9 Å². The average Bonchev–Trinajstić information content (AvgIpc) is 3.38. The van der Waals surface area contributed by atoms with Gasteiger partial charge in [0, 0.05) is 18.2 Å². The van der Waals surface area contributed by atoms with Crippen LogP contribution >= 0.6 is 0 Å². The highest BCUT2D eigenvalue weighted by Gasteiger charge is 2.28. The highest BCUT2D eigenvalue weighted by molar-refractivity contribution is 5.79. The van der Waals surface area contributed by atoms with Gasteiger partial charge >= 0.3 is 6.09 Å². The largest absolute Gasteiger partial charge is 0.449 e. The Morgan fingerprint density at radius 3 is 2.37 bits per heavy atom. The first kappa shape index (κ1) is 22.7. The van der Waals surface area contributed by atoms with Crippen molar-refractivity contribution in [2.24, 2.45) is 0 Å². The number of nitrogens with one attached hydrogen (secondary N) is 1. The van der Waals surface area contributed by atoms with Gasteiger partial charge in [-0.2, -0.15) is 5.10 Å². The van der Waals surface area contributed by atoms with Crippen LogP contribution in [0, 0.1) is 13.8 Å². The summed E-state index contributed by atoms with van der Waals surface area (Å²) in [6, 6.07) is 27.0. The van der Waals surface area contributed by atoms with Gasteiger partial charge in [0.05, 0.1) is 11.4 Å². The third kappa shape index (κ3) is 4.90. The molecule has 0 saturated heterocycles. The van der Waals surface area contributed by atoms with Crippen LogP contribution in [0.1, 0.15) is 40.4 Å². The van der Waals surface area contributed by atoms with Gasteiger partial charge in [0.1, 0.15) is 6.61 Å². The summed E-state index contributed by atoms with van der Waals surface area (Å²) >= 11 is 0. The number of amides is 1. The molecule has 1 amide bonds. The first-order valence-corrected chi connectivity index (χ1v) is 12.0. The molecule has 0 atom stereocenters. The fourth-order valence-electron chi connectivity index (χ4n) is 4.78. The molecule has 5 nitrogen and oxygen atoms in total. The third-order valence-electron chi connectivity index (χ3n) is 6.36. The van der Waals surface area contributed by atoms with Gasteiger partial charge in [0.2, 0.25) is 0 Å². The van der Waals surface area contributed by atoms with E-state index in [1.54, 1.807) is 0 Å². The van der Waals surface area contributed by atoms with Crippen LogP contribution in [0.4, 0.5) is 4.79 Å². The standard InChI is InChI=1S/C30H29N3O2/c1-21-18-22(2)33(32-21)24-12-9-11-23(19-24)10-7-8-17-31-30(34)35-20-29-27-15-5-3-13-25(27)26-14-4-6-16-28(26)29/h3-7,9-16,18-19,29H,8,17,20H2,1-2H3,(H,31,34). The van der Waals surface area contributed by atoms with Crippen LogP contribution < -0.4 is 5.32 Å². The summed E-state index contributed by atoms with van der Waals surface area (Å²) in [4.78, 5) is 12.3. The topological polar surface area (TPSA) is 56.2 Å². The van der Waals surface area contributed by atoms with E-state index in [4.69, 9.17) is 4.74 Å². The first-order chi connectivity index (χ1) is 17.1. The number of carbonyl (C=O) groups is 1. The smallest absolute Gasteiger partial charge is 0.407 e. The summed E-state index contributed by atoms with van der Waals surface area (Å²) in [6.45, 7) is 4.90. The number of hydrogen-bond donors (Lipinski definition) is 1. The molecular formula is C30H29N3O2. The predicted octanol–water partition coefficient (Wildman–Crippen LogP) is 6.43. The van der Waals surface area contributed by atoms with Crippen molar-refractivity contribution in [1.29, 1.82) is 0 Å². The third-order valence-corrected chi connectivity index (χ3v) is 6.36. The van der Waals surface area contributed by atoms with Crippen LogP contribution in [0.5, 0.6) is 0 Å². The molecular weight excluding hydrogens is 434 g/mol. The second-order valence-electron chi connectivity index (χ2n) is 8.88. The van der Waals surface area contributed by atoms with Crippen molar-refractivity contribution in [3.63, 3.8) is 0 Å². The van der Waals surface area contributed by atoms with Crippen LogP contribution in [0.3, 0.4) is 0 Å². The second-order valence-corrected chi connectivity index (χ2v) is 8.88. The molecule has 4 aromatic rings. The van der Waals surface area contributed by atoms with E-state index in [2.05, 4.69) is 90.2 Å². The Morgan fingerprint density at radius 1 is 0.971 bits per heavy atom. The summed E-state index contributed by atoms with van der Waals surface area (Å²) in [5, 5.41) is 7.41. The number of aryl methyl sites for hydroxylation is 2. The SMILES string of the molecule is Cc1cc(C)n(-c2cccc(C=CCCNC(=O)OCC3c4ccccc4-c4ccccc43)c2)n1. The lowest BCUT2D eigenvalue weighted by Crippen LogP contribution is -2.26. The van der Waals surface area contributed by atoms with E-state index in [1.807, 2.05) is 29.8 Å². The quantitative estimate of drug-likeness (QED) is 0.321. The Bertz CT molecular complexity index is 1340. The Kier molecular flexibility index (Phi) is 6.49. The molecule has 0 fully saturated rings. The number of fused-ring (bicyclic) bond motifs is 3. The minimum absolute atomic E-state index is 0.0718. The summed E-state index contributed by atoms with van der Waals surface area (Å²) in [6.07, 6.45) is 4.46. The first-order valence-electron chi connectivity index (χ1n) is 12.0. The fourth-order valence-corrected chi connectivity index (χ4v) is 4.78. The van der Waals surface area contributed by atoms with Gasteiger partial charge in [-0.1, -0.05) is 72.8 Å². The van der Waals surface area contributed by atoms with Crippen molar-refractivity contribution in [3.05, 3.63) is 113 Å². The molecule has 0 unspecified atom stereocenters. The number of hydrogen-bond acceptors (Lipinski definition) is 3. The minimum atomic E-state index is -0.383. The zero-order chi connectivity index (χ0) is 24.2. The molecule has 5 rings (SSSR count). The second kappa shape index (κ2) is 10.0. The van der Waals surface area contributed by atoms with Crippen LogP contribution in [-0.2, 0) is 4.74 Å². The normalized spacial score (nSPS) is 12.5. The lowest BCUT2D eigenvalue weighted by molar-refractivity contribution is 0.143. The molecule has 35 heavy (non-hydrogen) atoms. The van der Waals surface area contributed by atoms with E-state index < -0.39 is 0 Å². The molecule has 1 aliphatic rings. The maximum Gasteiger partial charge on any atom is 0.407 e. The summed E-state index contributed by atoms with van der Waals surface area (Å²) in [5.74, 6) is 0.0718. The molecule has 0 spiro atoms. The molecule has 1 N–H and O–H groups in total. The van der Waals surface area contributed by atoms with Gasteiger partial charge in [0.15, 0.2) is 0 Å². The molecule has 0 saturated carbocycles. The summed E-state index contributed by atoms with van der Waals surface area (Å²) < 4.78 is 7.55. The number of rotatable bonds is 7. The zero-order valence-electron chi connectivity index (χ0n) is 20.1. The molecule has 3 aromatic carbocycles. The Hall–Kier alpha value is -4.12. The zero-order valence-corrected chi connectivity index (χ0v) is 20.1. The Morgan fingerprint density at radius 2 is 1.69 bits per heavy atom. The minimum Gasteiger partial charge on any atom is -0.449 e. The summed E-state index contributed by atoms with van der Waals surface area (Å²) in [7, 11) is 0. The molecule has 1 aliphatic carbocycles. The molecule has 0 aliphatic heterocycles. The molecule has 1 heterocycles. The van der Waals surface area contributed by atoms with E-state index >= 15 is 0 Å². The van der Waals surface area contributed by atoms with E-state index in [0.29, 0.717) is 19.6 Å². The molecule has 1 aromatic heterocycles.